The van der Waals surface area contributed by atoms with Crippen LogP contribution < -0.4 is 0 Å². The first-order chi connectivity index (χ1) is 7.25. The standard InChI is InChI=1S/C9H10FN3OS/c10-8-4-1-2-5-9(8)15(14)7-3-6-12-13-11/h1-2,4-5H,3,6-7H2. The highest BCUT2D eigenvalue weighted by Crippen LogP contribution is 2.12. The summed E-state index contributed by atoms with van der Waals surface area (Å²) in [5.74, 6) is -0.153. The summed E-state index contributed by atoms with van der Waals surface area (Å²) in [7, 11) is -1.36. The molecule has 0 amide bonds. The van der Waals surface area contributed by atoms with Gasteiger partial charge in [0.1, 0.15) is 5.82 Å². The van der Waals surface area contributed by atoms with Crippen molar-refractivity contribution in [2.45, 2.75) is 11.3 Å². The van der Waals surface area contributed by atoms with E-state index in [9.17, 15) is 8.60 Å². The van der Waals surface area contributed by atoms with Crippen LogP contribution in [0.25, 0.3) is 10.4 Å². The lowest BCUT2D eigenvalue weighted by molar-refractivity contribution is 0.595. The van der Waals surface area contributed by atoms with Crippen molar-refractivity contribution in [1.82, 2.24) is 0 Å². The van der Waals surface area contributed by atoms with Gasteiger partial charge in [0.2, 0.25) is 0 Å². The van der Waals surface area contributed by atoms with E-state index in [4.69, 9.17) is 5.53 Å². The van der Waals surface area contributed by atoms with E-state index >= 15 is 0 Å². The summed E-state index contributed by atoms with van der Waals surface area (Å²) < 4.78 is 24.7. The third-order valence-corrected chi connectivity index (χ3v) is 3.21. The molecule has 0 fully saturated rings. The molecule has 1 unspecified atom stereocenters. The second-order valence-electron chi connectivity index (χ2n) is 2.79. The topological polar surface area (TPSA) is 65.8 Å². The molecule has 0 aromatic heterocycles. The van der Waals surface area contributed by atoms with E-state index < -0.39 is 16.6 Å². The monoisotopic (exact) mass is 227 g/mol. The Kier molecular flexibility index (Phi) is 4.80. The number of halogens is 1. The summed E-state index contributed by atoms with van der Waals surface area (Å²) in [5.41, 5.74) is 8.02. The second kappa shape index (κ2) is 6.16. The number of hydrogen-bond donors (Lipinski definition) is 0. The lowest BCUT2D eigenvalue weighted by Crippen LogP contribution is -2.01. The summed E-state index contributed by atoms with van der Waals surface area (Å²) >= 11 is 0. The van der Waals surface area contributed by atoms with Crippen molar-refractivity contribution < 1.29 is 8.60 Å². The SMILES string of the molecule is [N-]=[N+]=NCCCS(=O)c1ccccc1F. The van der Waals surface area contributed by atoms with Gasteiger partial charge in [-0.3, -0.25) is 4.21 Å². The Morgan fingerprint density at radius 3 is 2.87 bits per heavy atom. The van der Waals surface area contributed by atoms with Crippen LogP contribution in [-0.4, -0.2) is 16.5 Å². The Morgan fingerprint density at radius 2 is 2.20 bits per heavy atom. The Labute approximate surface area is 89.2 Å². The minimum absolute atomic E-state index is 0.207. The van der Waals surface area contributed by atoms with Crippen LogP contribution in [0.3, 0.4) is 0 Å². The molecular weight excluding hydrogens is 217 g/mol. The first-order valence-electron chi connectivity index (χ1n) is 4.39. The number of nitrogens with zero attached hydrogens (tertiary/aromatic N) is 3. The molecule has 0 radical (unpaired) electrons. The van der Waals surface area contributed by atoms with Crippen molar-refractivity contribution >= 4 is 10.8 Å². The van der Waals surface area contributed by atoms with Gasteiger partial charge < -0.3 is 0 Å². The molecule has 0 spiro atoms. The minimum atomic E-state index is -1.36. The van der Waals surface area contributed by atoms with Crippen LogP contribution in [0.1, 0.15) is 6.42 Å². The van der Waals surface area contributed by atoms with Gasteiger partial charge in [-0.15, -0.1) is 0 Å². The molecule has 80 valence electrons. The van der Waals surface area contributed by atoms with Crippen molar-refractivity contribution in [1.29, 1.82) is 0 Å². The van der Waals surface area contributed by atoms with Crippen LogP contribution in [0.5, 0.6) is 0 Å². The number of rotatable bonds is 5. The molecule has 1 aromatic carbocycles. The number of benzene rings is 1. The molecule has 0 heterocycles. The normalized spacial score (nSPS) is 11.8. The van der Waals surface area contributed by atoms with Gasteiger partial charge in [-0.25, -0.2) is 4.39 Å². The van der Waals surface area contributed by atoms with Crippen LogP contribution >= 0.6 is 0 Å². The highest BCUT2D eigenvalue weighted by atomic mass is 32.2. The molecule has 15 heavy (non-hydrogen) atoms. The number of azide groups is 1. The van der Waals surface area contributed by atoms with Gasteiger partial charge in [-0.1, -0.05) is 17.2 Å². The van der Waals surface area contributed by atoms with E-state index in [1.54, 1.807) is 12.1 Å². The van der Waals surface area contributed by atoms with Crippen LogP contribution in [0.15, 0.2) is 34.3 Å². The molecule has 0 aliphatic carbocycles. The van der Waals surface area contributed by atoms with Gasteiger partial charge in [0.05, 0.1) is 15.7 Å². The fourth-order valence-corrected chi connectivity index (χ4v) is 2.18. The average molecular weight is 227 g/mol. The smallest absolute Gasteiger partial charge is 0.139 e. The Balaban J connectivity index is 2.54. The molecule has 0 aliphatic heterocycles. The largest absolute Gasteiger partial charge is 0.254 e. The Morgan fingerprint density at radius 1 is 1.47 bits per heavy atom. The summed E-state index contributed by atoms with van der Waals surface area (Å²) in [4.78, 5) is 2.78. The third-order valence-electron chi connectivity index (χ3n) is 1.73. The molecule has 1 aromatic rings. The zero-order chi connectivity index (χ0) is 11.1. The molecule has 0 saturated heterocycles. The van der Waals surface area contributed by atoms with Gasteiger partial charge in [-0.05, 0) is 24.1 Å². The number of hydrogen-bond acceptors (Lipinski definition) is 2. The van der Waals surface area contributed by atoms with E-state index in [1.807, 2.05) is 0 Å². The molecule has 0 saturated carbocycles. The average Bonchev–Trinajstić information content (AvgIpc) is 2.25. The van der Waals surface area contributed by atoms with Gasteiger partial charge in [0.25, 0.3) is 0 Å². The van der Waals surface area contributed by atoms with Crippen molar-refractivity contribution in [2.75, 3.05) is 12.3 Å². The summed E-state index contributed by atoms with van der Waals surface area (Å²) in [6, 6.07) is 5.97. The summed E-state index contributed by atoms with van der Waals surface area (Å²) in [5, 5.41) is 3.31. The zero-order valence-corrected chi connectivity index (χ0v) is 8.78. The maximum Gasteiger partial charge on any atom is 0.139 e. The van der Waals surface area contributed by atoms with Crippen molar-refractivity contribution in [2.24, 2.45) is 5.11 Å². The van der Waals surface area contributed by atoms with E-state index in [-0.39, 0.29) is 11.4 Å². The van der Waals surface area contributed by atoms with Crippen LogP contribution in [0, 0.1) is 5.82 Å². The molecule has 6 heteroatoms. The molecule has 1 rings (SSSR count). The molecular formula is C9H10FN3OS. The van der Waals surface area contributed by atoms with E-state index in [0.717, 1.165) is 0 Å². The predicted octanol–water partition coefficient (Wildman–Crippen LogP) is 2.63. The lowest BCUT2D eigenvalue weighted by atomic mass is 10.3. The van der Waals surface area contributed by atoms with Crippen LogP contribution in [0.4, 0.5) is 4.39 Å². The fraction of sp³-hybridized carbons (Fsp3) is 0.333. The fourth-order valence-electron chi connectivity index (χ4n) is 1.05. The highest BCUT2D eigenvalue weighted by Gasteiger charge is 2.07. The Bertz CT molecular complexity index is 404. The van der Waals surface area contributed by atoms with Gasteiger partial charge in [0.15, 0.2) is 0 Å². The van der Waals surface area contributed by atoms with Crippen LogP contribution in [-0.2, 0) is 10.8 Å². The van der Waals surface area contributed by atoms with E-state index in [0.29, 0.717) is 12.2 Å². The molecule has 0 aliphatic rings. The van der Waals surface area contributed by atoms with Gasteiger partial charge in [0, 0.05) is 17.2 Å². The van der Waals surface area contributed by atoms with Crippen LogP contribution in [0.2, 0.25) is 0 Å². The lowest BCUT2D eigenvalue weighted by Gasteiger charge is -2.01. The van der Waals surface area contributed by atoms with Crippen molar-refractivity contribution in [3.8, 4) is 0 Å². The maximum atomic E-state index is 13.1. The van der Waals surface area contributed by atoms with Gasteiger partial charge in [-0.2, -0.15) is 0 Å². The third kappa shape index (κ3) is 3.69. The van der Waals surface area contributed by atoms with E-state index in [2.05, 4.69) is 10.0 Å². The molecule has 0 bridgehead atoms. The van der Waals surface area contributed by atoms with Crippen molar-refractivity contribution in [3.05, 3.63) is 40.5 Å². The molecule has 4 nitrogen and oxygen atoms in total. The molecule has 0 N–H and O–H groups in total. The zero-order valence-electron chi connectivity index (χ0n) is 7.97. The second-order valence-corrected chi connectivity index (χ2v) is 4.33. The highest BCUT2D eigenvalue weighted by molar-refractivity contribution is 7.85. The Hall–Kier alpha value is -1.39. The maximum absolute atomic E-state index is 13.1. The predicted molar refractivity (Wildman–Crippen MR) is 56.3 cm³/mol. The van der Waals surface area contributed by atoms with E-state index in [1.165, 1.54) is 12.1 Å². The minimum Gasteiger partial charge on any atom is -0.254 e. The first-order valence-corrected chi connectivity index (χ1v) is 5.71. The first kappa shape index (κ1) is 11.7. The quantitative estimate of drug-likeness (QED) is 0.330. The summed E-state index contributed by atoms with van der Waals surface area (Å²) in [6.07, 6.45) is 0.491. The molecule has 1 atom stereocenters. The summed E-state index contributed by atoms with van der Waals surface area (Å²) in [6.45, 7) is 0.288. The van der Waals surface area contributed by atoms with Crippen molar-refractivity contribution in [3.63, 3.8) is 0 Å². The van der Waals surface area contributed by atoms with Gasteiger partial charge >= 0.3 is 0 Å².